The molecule has 0 unspecified atom stereocenters. The summed E-state index contributed by atoms with van der Waals surface area (Å²) in [5.41, 5.74) is 4.58. The predicted octanol–water partition coefficient (Wildman–Crippen LogP) is 2.27. The van der Waals surface area contributed by atoms with Crippen LogP contribution in [0.1, 0.15) is 11.4 Å². The van der Waals surface area contributed by atoms with E-state index in [1.165, 1.54) is 11.1 Å². The average Bonchev–Trinajstić information content (AvgIpc) is 2.38. The number of hydrogen-bond donors (Lipinski definition) is 0. The molecule has 20 heavy (non-hydrogen) atoms. The second kappa shape index (κ2) is 6.59. The molecular weight excluding hydrogens is 248 g/mol. The fourth-order valence-electron chi connectivity index (χ4n) is 2.17. The van der Waals surface area contributed by atoms with E-state index in [1.54, 1.807) is 0 Å². The van der Waals surface area contributed by atoms with E-state index in [4.69, 9.17) is 4.98 Å². The van der Waals surface area contributed by atoms with Gasteiger partial charge < -0.3 is 9.80 Å². The molecule has 2 aromatic rings. The van der Waals surface area contributed by atoms with Crippen molar-refractivity contribution in [2.24, 2.45) is 0 Å². The largest absolute Gasteiger partial charge is 0.304 e. The minimum Gasteiger partial charge on any atom is -0.304 e. The standard InChI is InChI=1S/C16H22N4/c1-19(2)11-15-9-14(13-5-7-17-8-6-13)10-16(18-15)12-20(3)4/h5-10H,11-12H2,1-4H3. The minimum atomic E-state index is 0.847. The van der Waals surface area contributed by atoms with Gasteiger partial charge in [0.2, 0.25) is 0 Å². The Morgan fingerprint density at radius 3 is 1.75 bits per heavy atom. The Kier molecular flexibility index (Phi) is 4.82. The third-order valence-corrected chi connectivity index (χ3v) is 2.90. The summed E-state index contributed by atoms with van der Waals surface area (Å²) in [6, 6.07) is 8.39. The molecule has 2 aromatic heterocycles. The van der Waals surface area contributed by atoms with Gasteiger partial charge in [-0.05, 0) is 63.6 Å². The van der Waals surface area contributed by atoms with Crippen molar-refractivity contribution >= 4 is 0 Å². The van der Waals surface area contributed by atoms with Crippen LogP contribution in [0.3, 0.4) is 0 Å². The summed E-state index contributed by atoms with van der Waals surface area (Å²) >= 11 is 0. The van der Waals surface area contributed by atoms with Crippen LogP contribution in [-0.4, -0.2) is 48.0 Å². The molecule has 0 spiro atoms. The summed E-state index contributed by atoms with van der Waals surface area (Å²) in [6.45, 7) is 1.69. The Bertz CT molecular complexity index is 521. The normalized spacial score (nSPS) is 11.3. The van der Waals surface area contributed by atoms with Gasteiger partial charge in [0.1, 0.15) is 0 Å². The summed E-state index contributed by atoms with van der Waals surface area (Å²) in [4.78, 5) is 13.1. The molecule has 0 atom stereocenters. The van der Waals surface area contributed by atoms with Crippen LogP contribution in [0, 0.1) is 0 Å². The van der Waals surface area contributed by atoms with Gasteiger partial charge in [-0.3, -0.25) is 9.97 Å². The van der Waals surface area contributed by atoms with Crippen LogP contribution in [0.15, 0.2) is 36.7 Å². The summed E-state index contributed by atoms with van der Waals surface area (Å²) < 4.78 is 0. The second-order valence-electron chi connectivity index (χ2n) is 5.55. The first-order valence-electron chi connectivity index (χ1n) is 6.74. The summed E-state index contributed by atoms with van der Waals surface area (Å²) in [5.74, 6) is 0. The quantitative estimate of drug-likeness (QED) is 0.834. The Balaban J connectivity index is 2.39. The summed E-state index contributed by atoms with van der Waals surface area (Å²) in [6.07, 6.45) is 3.65. The van der Waals surface area contributed by atoms with Crippen molar-refractivity contribution in [1.29, 1.82) is 0 Å². The van der Waals surface area contributed by atoms with Gasteiger partial charge in [-0.1, -0.05) is 0 Å². The van der Waals surface area contributed by atoms with Gasteiger partial charge in [0, 0.05) is 25.5 Å². The van der Waals surface area contributed by atoms with Crippen molar-refractivity contribution in [1.82, 2.24) is 19.8 Å². The van der Waals surface area contributed by atoms with Crippen molar-refractivity contribution in [2.45, 2.75) is 13.1 Å². The molecule has 0 aromatic carbocycles. The molecule has 0 fully saturated rings. The van der Waals surface area contributed by atoms with E-state index in [0.29, 0.717) is 0 Å². The highest BCUT2D eigenvalue weighted by Crippen LogP contribution is 2.21. The molecule has 4 heteroatoms. The van der Waals surface area contributed by atoms with Crippen molar-refractivity contribution in [3.63, 3.8) is 0 Å². The maximum Gasteiger partial charge on any atom is 0.0553 e. The third-order valence-electron chi connectivity index (χ3n) is 2.90. The monoisotopic (exact) mass is 270 g/mol. The summed E-state index contributed by atoms with van der Waals surface area (Å²) in [7, 11) is 8.25. The lowest BCUT2D eigenvalue weighted by Crippen LogP contribution is -2.15. The van der Waals surface area contributed by atoms with E-state index in [2.05, 4.69) is 55.1 Å². The van der Waals surface area contributed by atoms with Crippen LogP contribution in [-0.2, 0) is 13.1 Å². The highest BCUT2D eigenvalue weighted by molar-refractivity contribution is 5.63. The highest BCUT2D eigenvalue weighted by Gasteiger charge is 2.07. The van der Waals surface area contributed by atoms with Crippen LogP contribution in [0.5, 0.6) is 0 Å². The zero-order valence-corrected chi connectivity index (χ0v) is 12.7. The Hall–Kier alpha value is -1.78. The number of aromatic nitrogens is 2. The zero-order chi connectivity index (χ0) is 14.5. The topological polar surface area (TPSA) is 32.3 Å². The minimum absolute atomic E-state index is 0.847. The molecular formula is C16H22N4. The third kappa shape index (κ3) is 4.11. The van der Waals surface area contributed by atoms with E-state index in [-0.39, 0.29) is 0 Å². The molecule has 0 aliphatic rings. The fourth-order valence-corrected chi connectivity index (χ4v) is 2.17. The molecule has 0 saturated carbocycles. The van der Waals surface area contributed by atoms with E-state index < -0.39 is 0 Å². The van der Waals surface area contributed by atoms with Gasteiger partial charge in [-0.25, -0.2) is 0 Å². The zero-order valence-electron chi connectivity index (χ0n) is 12.7. The van der Waals surface area contributed by atoms with E-state index in [1.807, 2.05) is 24.5 Å². The maximum atomic E-state index is 4.74. The maximum absolute atomic E-state index is 4.74. The molecule has 106 valence electrons. The molecule has 0 amide bonds. The number of nitrogens with zero attached hydrogens (tertiary/aromatic N) is 4. The summed E-state index contributed by atoms with van der Waals surface area (Å²) in [5, 5.41) is 0. The molecule has 0 radical (unpaired) electrons. The smallest absolute Gasteiger partial charge is 0.0553 e. The first kappa shape index (κ1) is 14.6. The van der Waals surface area contributed by atoms with Gasteiger partial charge in [0.05, 0.1) is 11.4 Å². The van der Waals surface area contributed by atoms with Crippen LogP contribution < -0.4 is 0 Å². The van der Waals surface area contributed by atoms with Gasteiger partial charge in [-0.15, -0.1) is 0 Å². The molecule has 2 rings (SSSR count). The van der Waals surface area contributed by atoms with E-state index in [0.717, 1.165) is 24.5 Å². The van der Waals surface area contributed by atoms with Crippen molar-refractivity contribution in [3.05, 3.63) is 48.0 Å². The molecule has 0 N–H and O–H groups in total. The van der Waals surface area contributed by atoms with Crippen molar-refractivity contribution in [3.8, 4) is 11.1 Å². The van der Waals surface area contributed by atoms with Crippen LogP contribution in [0.4, 0.5) is 0 Å². The SMILES string of the molecule is CN(C)Cc1cc(-c2ccncc2)cc(CN(C)C)n1. The molecule has 0 bridgehead atoms. The van der Waals surface area contributed by atoms with Gasteiger partial charge in [0.15, 0.2) is 0 Å². The number of rotatable bonds is 5. The first-order valence-corrected chi connectivity index (χ1v) is 6.74. The second-order valence-corrected chi connectivity index (χ2v) is 5.55. The first-order chi connectivity index (χ1) is 9.54. The molecule has 2 heterocycles. The van der Waals surface area contributed by atoms with Gasteiger partial charge in [0.25, 0.3) is 0 Å². The molecule has 4 nitrogen and oxygen atoms in total. The predicted molar refractivity (Wildman–Crippen MR) is 82.3 cm³/mol. The molecule has 0 aliphatic carbocycles. The Morgan fingerprint density at radius 1 is 0.800 bits per heavy atom. The van der Waals surface area contributed by atoms with Crippen molar-refractivity contribution < 1.29 is 0 Å². The Morgan fingerprint density at radius 2 is 1.30 bits per heavy atom. The lowest BCUT2D eigenvalue weighted by molar-refractivity contribution is 0.384. The van der Waals surface area contributed by atoms with Gasteiger partial charge in [-0.2, -0.15) is 0 Å². The highest BCUT2D eigenvalue weighted by atomic mass is 15.1. The van der Waals surface area contributed by atoms with Crippen molar-refractivity contribution in [2.75, 3.05) is 28.2 Å². The van der Waals surface area contributed by atoms with Crippen LogP contribution >= 0.6 is 0 Å². The lowest BCUT2D eigenvalue weighted by atomic mass is 10.1. The molecule has 0 saturated heterocycles. The molecule has 0 aliphatic heterocycles. The average molecular weight is 270 g/mol. The lowest BCUT2D eigenvalue weighted by Gasteiger charge is -2.15. The fraction of sp³-hybridized carbons (Fsp3) is 0.375. The number of hydrogen-bond acceptors (Lipinski definition) is 4. The van der Waals surface area contributed by atoms with Gasteiger partial charge >= 0.3 is 0 Å². The van der Waals surface area contributed by atoms with E-state index in [9.17, 15) is 0 Å². The Labute approximate surface area is 121 Å². The van der Waals surface area contributed by atoms with E-state index >= 15 is 0 Å². The number of pyridine rings is 2. The van der Waals surface area contributed by atoms with Crippen LogP contribution in [0.25, 0.3) is 11.1 Å². The van der Waals surface area contributed by atoms with Crippen LogP contribution in [0.2, 0.25) is 0 Å².